The molecule has 1 fully saturated rings. The number of nitrogens with zero attached hydrogens (tertiary/aromatic N) is 2. The monoisotopic (exact) mass is 346 g/mol. The SMILES string of the molecule is C[C@@H]1CCCN1CCc1cc2cc(-c3ccc(C#N)cc3)ccc2s1. The minimum Gasteiger partial charge on any atom is -0.300 e. The van der Waals surface area contributed by atoms with Gasteiger partial charge in [0.15, 0.2) is 0 Å². The van der Waals surface area contributed by atoms with Crippen molar-refractivity contribution in [3.63, 3.8) is 0 Å². The lowest BCUT2D eigenvalue weighted by atomic mass is 10.0. The van der Waals surface area contributed by atoms with Crippen LogP contribution in [0.2, 0.25) is 0 Å². The van der Waals surface area contributed by atoms with Gasteiger partial charge in [0.1, 0.15) is 0 Å². The molecule has 2 aromatic carbocycles. The van der Waals surface area contributed by atoms with Crippen molar-refractivity contribution in [2.75, 3.05) is 13.1 Å². The highest BCUT2D eigenvalue weighted by atomic mass is 32.1. The van der Waals surface area contributed by atoms with Gasteiger partial charge in [-0.05, 0) is 79.6 Å². The molecular weight excluding hydrogens is 324 g/mol. The molecule has 1 aliphatic heterocycles. The fourth-order valence-electron chi connectivity index (χ4n) is 3.72. The Morgan fingerprint density at radius 1 is 1.12 bits per heavy atom. The van der Waals surface area contributed by atoms with Crippen molar-refractivity contribution in [3.8, 4) is 17.2 Å². The van der Waals surface area contributed by atoms with Crippen LogP contribution < -0.4 is 0 Å². The van der Waals surface area contributed by atoms with Gasteiger partial charge in [0.05, 0.1) is 11.6 Å². The van der Waals surface area contributed by atoms with E-state index >= 15 is 0 Å². The zero-order valence-corrected chi connectivity index (χ0v) is 15.4. The quantitative estimate of drug-likeness (QED) is 0.626. The Balaban J connectivity index is 1.53. The van der Waals surface area contributed by atoms with Crippen molar-refractivity contribution >= 4 is 21.4 Å². The Hall–Kier alpha value is -2.15. The average molecular weight is 346 g/mol. The number of thiophene rings is 1. The summed E-state index contributed by atoms with van der Waals surface area (Å²) in [5.41, 5.74) is 3.09. The molecule has 0 N–H and O–H groups in total. The highest BCUT2D eigenvalue weighted by molar-refractivity contribution is 7.19. The predicted octanol–water partition coefficient (Wildman–Crippen LogP) is 5.47. The molecule has 3 heteroatoms. The third-order valence-electron chi connectivity index (χ3n) is 5.25. The van der Waals surface area contributed by atoms with Crippen LogP contribution in [0.3, 0.4) is 0 Å². The molecule has 126 valence electrons. The Kier molecular flexibility index (Phi) is 4.57. The number of hydrogen-bond donors (Lipinski definition) is 0. The van der Waals surface area contributed by atoms with Gasteiger partial charge in [-0.1, -0.05) is 18.2 Å². The van der Waals surface area contributed by atoms with E-state index in [-0.39, 0.29) is 0 Å². The second-order valence-electron chi connectivity index (χ2n) is 6.93. The van der Waals surface area contributed by atoms with Crippen molar-refractivity contribution < 1.29 is 0 Å². The molecule has 0 saturated carbocycles. The lowest BCUT2D eigenvalue weighted by Gasteiger charge is -2.20. The summed E-state index contributed by atoms with van der Waals surface area (Å²) in [7, 11) is 0. The van der Waals surface area contributed by atoms with Gasteiger partial charge in [-0.25, -0.2) is 0 Å². The van der Waals surface area contributed by atoms with E-state index in [1.165, 1.54) is 52.0 Å². The molecule has 0 unspecified atom stereocenters. The lowest BCUT2D eigenvalue weighted by Crippen LogP contribution is -2.28. The molecule has 0 aliphatic carbocycles. The van der Waals surface area contributed by atoms with E-state index in [0.717, 1.165) is 12.5 Å². The molecule has 0 bridgehead atoms. The third kappa shape index (κ3) is 3.46. The fraction of sp³-hybridized carbons (Fsp3) is 0.318. The Bertz CT molecular complexity index is 917. The minimum absolute atomic E-state index is 0.707. The molecule has 0 spiro atoms. The van der Waals surface area contributed by atoms with Crippen LogP contribution in [0.25, 0.3) is 21.2 Å². The summed E-state index contributed by atoms with van der Waals surface area (Å²) in [6.45, 7) is 4.78. The Morgan fingerprint density at radius 2 is 1.92 bits per heavy atom. The number of rotatable bonds is 4. The van der Waals surface area contributed by atoms with Crippen LogP contribution in [0.15, 0.2) is 48.5 Å². The van der Waals surface area contributed by atoms with Crippen LogP contribution in [0.5, 0.6) is 0 Å². The summed E-state index contributed by atoms with van der Waals surface area (Å²) in [4.78, 5) is 4.10. The van der Waals surface area contributed by atoms with Gasteiger partial charge in [0.2, 0.25) is 0 Å². The van der Waals surface area contributed by atoms with E-state index in [4.69, 9.17) is 5.26 Å². The Labute approximate surface area is 153 Å². The van der Waals surface area contributed by atoms with Crippen LogP contribution in [0.1, 0.15) is 30.2 Å². The molecule has 1 aromatic heterocycles. The van der Waals surface area contributed by atoms with E-state index in [1.807, 2.05) is 35.6 Å². The van der Waals surface area contributed by atoms with E-state index < -0.39 is 0 Å². The van der Waals surface area contributed by atoms with Crippen molar-refractivity contribution in [1.82, 2.24) is 4.90 Å². The van der Waals surface area contributed by atoms with Gasteiger partial charge in [-0.2, -0.15) is 5.26 Å². The number of hydrogen-bond acceptors (Lipinski definition) is 3. The fourth-order valence-corrected chi connectivity index (χ4v) is 4.75. The molecule has 1 atom stereocenters. The molecule has 0 amide bonds. The maximum atomic E-state index is 8.94. The molecule has 1 aliphatic rings. The van der Waals surface area contributed by atoms with Crippen LogP contribution >= 0.6 is 11.3 Å². The highest BCUT2D eigenvalue weighted by Gasteiger charge is 2.19. The molecule has 25 heavy (non-hydrogen) atoms. The number of fused-ring (bicyclic) bond motifs is 1. The number of benzene rings is 2. The lowest BCUT2D eigenvalue weighted by molar-refractivity contribution is 0.273. The van der Waals surface area contributed by atoms with Crippen LogP contribution in [0, 0.1) is 11.3 Å². The summed E-state index contributed by atoms with van der Waals surface area (Å²) in [5.74, 6) is 0. The molecule has 4 rings (SSSR count). The number of likely N-dealkylation sites (tertiary alicyclic amines) is 1. The van der Waals surface area contributed by atoms with Crippen LogP contribution in [-0.2, 0) is 6.42 Å². The maximum Gasteiger partial charge on any atom is 0.0991 e. The molecule has 1 saturated heterocycles. The van der Waals surface area contributed by atoms with Crippen molar-refractivity contribution in [2.24, 2.45) is 0 Å². The second-order valence-corrected chi connectivity index (χ2v) is 8.10. The molecule has 0 radical (unpaired) electrons. The first kappa shape index (κ1) is 16.3. The molecular formula is C22H22N2S. The van der Waals surface area contributed by atoms with Crippen LogP contribution in [0.4, 0.5) is 0 Å². The van der Waals surface area contributed by atoms with E-state index in [0.29, 0.717) is 5.56 Å². The largest absolute Gasteiger partial charge is 0.300 e. The standard InChI is InChI=1S/C22H22N2S/c1-16-3-2-11-24(16)12-10-21-14-20-13-19(8-9-22(20)25-21)18-6-4-17(15-23)5-7-18/h4-9,13-14,16H,2-3,10-12H2,1H3/t16-/m1/s1. The van der Waals surface area contributed by atoms with Crippen molar-refractivity contribution in [1.29, 1.82) is 5.26 Å². The maximum absolute atomic E-state index is 8.94. The van der Waals surface area contributed by atoms with Gasteiger partial charge >= 0.3 is 0 Å². The summed E-state index contributed by atoms with van der Waals surface area (Å²) >= 11 is 1.92. The van der Waals surface area contributed by atoms with Gasteiger partial charge in [0, 0.05) is 22.2 Å². The normalized spacial score (nSPS) is 17.8. The third-order valence-corrected chi connectivity index (χ3v) is 6.43. The van der Waals surface area contributed by atoms with E-state index in [2.05, 4.69) is 42.2 Å². The van der Waals surface area contributed by atoms with Gasteiger partial charge < -0.3 is 4.90 Å². The zero-order chi connectivity index (χ0) is 17.2. The second kappa shape index (κ2) is 7.00. The zero-order valence-electron chi connectivity index (χ0n) is 14.5. The van der Waals surface area contributed by atoms with Gasteiger partial charge in [-0.15, -0.1) is 11.3 Å². The van der Waals surface area contributed by atoms with E-state index in [1.54, 1.807) is 0 Å². The van der Waals surface area contributed by atoms with Crippen LogP contribution in [-0.4, -0.2) is 24.0 Å². The van der Waals surface area contributed by atoms with E-state index in [9.17, 15) is 0 Å². The summed E-state index contributed by atoms with van der Waals surface area (Å²) < 4.78 is 1.36. The van der Waals surface area contributed by atoms with Gasteiger partial charge in [-0.3, -0.25) is 0 Å². The molecule has 2 heterocycles. The molecule has 2 nitrogen and oxygen atoms in total. The first-order valence-electron chi connectivity index (χ1n) is 9.00. The summed E-state index contributed by atoms with van der Waals surface area (Å²) in [6.07, 6.45) is 3.85. The average Bonchev–Trinajstić information content (AvgIpc) is 3.24. The van der Waals surface area contributed by atoms with Crippen molar-refractivity contribution in [2.45, 2.75) is 32.2 Å². The minimum atomic E-state index is 0.707. The highest BCUT2D eigenvalue weighted by Crippen LogP contribution is 2.31. The van der Waals surface area contributed by atoms with Gasteiger partial charge in [0.25, 0.3) is 0 Å². The number of nitriles is 1. The Morgan fingerprint density at radius 3 is 2.64 bits per heavy atom. The van der Waals surface area contributed by atoms with Crippen molar-refractivity contribution in [3.05, 3.63) is 59.0 Å². The summed E-state index contributed by atoms with van der Waals surface area (Å²) in [6, 6.07) is 19.8. The first-order valence-corrected chi connectivity index (χ1v) is 9.81. The smallest absolute Gasteiger partial charge is 0.0991 e. The molecule has 3 aromatic rings. The topological polar surface area (TPSA) is 27.0 Å². The first-order chi connectivity index (χ1) is 12.2. The summed E-state index contributed by atoms with van der Waals surface area (Å²) in [5, 5.41) is 10.3. The predicted molar refractivity (Wildman–Crippen MR) is 106 cm³/mol.